The van der Waals surface area contributed by atoms with Crippen molar-refractivity contribution in [3.8, 4) is 17.0 Å². The average Bonchev–Trinajstić information content (AvgIpc) is 2.67. The first-order valence-electron chi connectivity index (χ1n) is 10.0. The summed E-state index contributed by atoms with van der Waals surface area (Å²) in [6, 6.07) is 11.3. The topological polar surface area (TPSA) is 59.4 Å². The molecule has 4 heteroatoms. The smallest absolute Gasteiger partial charge is 0.337 e. The number of benzene rings is 1. The molecular formula is C23H29NO3. The Balaban J connectivity index is 1.88. The molecule has 1 aromatic carbocycles. The van der Waals surface area contributed by atoms with Crippen LogP contribution >= 0.6 is 0 Å². The number of hydrogen-bond acceptors (Lipinski definition) is 3. The lowest BCUT2D eigenvalue weighted by molar-refractivity contribution is 0.0695. The molecule has 1 saturated carbocycles. The molecule has 0 aliphatic heterocycles. The zero-order chi connectivity index (χ0) is 19.2. The number of aromatic carboxylic acids is 1. The lowest BCUT2D eigenvalue weighted by Crippen LogP contribution is -2.11. The summed E-state index contributed by atoms with van der Waals surface area (Å²) < 4.78 is 5.92. The second-order valence-corrected chi connectivity index (χ2v) is 7.70. The van der Waals surface area contributed by atoms with Crippen LogP contribution in [0.25, 0.3) is 11.3 Å². The van der Waals surface area contributed by atoms with E-state index in [2.05, 4.69) is 0 Å². The Hall–Kier alpha value is -2.36. The highest BCUT2D eigenvalue weighted by Gasteiger charge is 2.18. The van der Waals surface area contributed by atoms with Gasteiger partial charge in [0.15, 0.2) is 0 Å². The molecule has 0 spiro atoms. The van der Waals surface area contributed by atoms with Crippen LogP contribution in [0.5, 0.6) is 5.75 Å². The van der Waals surface area contributed by atoms with Crippen molar-refractivity contribution in [1.29, 1.82) is 0 Å². The van der Waals surface area contributed by atoms with Gasteiger partial charge in [-0.3, -0.25) is 4.98 Å². The third kappa shape index (κ3) is 5.09. The van der Waals surface area contributed by atoms with Crippen molar-refractivity contribution < 1.29 is 14.6 Å². The molecule has 1 aromatic heterocycles. The largest absolute Gasteiger partial charge is 0.490 e. The molecule has 1 N–H and O–H groups in total. The van der Waals surface area contributed by atoms with Crippen molar-refractivity contribution >= 4 is 5.97 Å². The molecule has 27 heavy (non-hydrogen) atoms. The van der Waals surface area contributed by atoms with Crippen LogP contribution in [0.3, 0.4) is 0 Å². The van der Waals surface area contributed by atoms with Crippen molar-refractivity contribution in [2.75, 3.05) is 0 Å². The summed E-state index contributed by atoms with van der Waals surface area (Å²) in [7, 11) is 0. The number of carbonyl (C=O) groups is 1. The summed E-state index contributed by atoms with van der Waals surface area (Å²) in [4.78, 5) is 16.4. The van der Waals surface area contributed by atoms with Gasteiger partial charge < -0.3 is 9.84 Å². The summed E-state index contributed by atoms with van der Waals surface area (Å²) in [6.07, 6.45) is 8.23. The van der Waals surface area contributed by atoms with E-state index in [0.717, 1.165) is 23.4 Å². The molecule has 2 aromatic rings. The predicted octanol–water partition coefficient (Wildman–Crippen LogP) is 5.75. The average molecular weight is 367 g/mol. The number of ether oxygens (including phenoxy) is 1. The molecule has 0 saturated heterocycles. The Kier molecular flexibility index (Phi) is 6.49. The van der Waals surface area contributed by atoms with Crippen molar-refractivity contribution in [2.45, 2.75) is 64.9 Å². The Bertz CT molecular complexity index is 779. The van der Waals surface area contributed by atoms with Gasteiger partial charge in [0.2, 0.25) is 0 Å². The molecule has 4 nitrogen and oxygen atoms in total. The SMILES string of the molecule is CC(C)Oc1ccccc1-c1ccc(C(=O)O)c(CCC2CCCCC2)n1. The number of rotatable bonds is 7. The molecule has 1 aliphatic rings. The van der Waals surface area contributed by atoms with Crippen LogP contribution in [-0.4, -0.2) is 22.2 Å². The van der Waals surface area contributed by atoms with Crippen LogP contribution < -0.4 is 4.74 Å². The van der Waals surface area contributed by atoms with Gasteiger partial charge >= 0.3 is 5.97 Å². The van der Waals surface area contributed by atoms with Crippen molar-refractivity contribution in [3.05, 3.63) is 47.7 Å². The first-order chi connectivity index (χ1) is 13.0. The molecule has 0 unspecified atom stereocenters. The van der Waals surface area contributed by atoms with Gasteiger partial charge in [-0.1, -0.05) is 44.2 Å². The second-order valence-electron chi connectivity index (χ2n) is 7.70. The maximum absolute atomic E-state index is 11.7. The van der Waals surface area contributed by atoms with Gasteiger partial charge in [-0.25, -0.2) is 4.79 Å². The van der Waals surface area contributed by atoms with Gasteiger partial charge in [0.05, 0.1) is 23.1 Å². The number of carboxylic acids is 1. The van der Waals surface area contributed by atoms with Crippen LogP contribution in [0.4, 0.5) is 0 Å². The van der Waals surface area contributed by atoms with Crippen LogP contribution in [0, 0.1) is 5.92 Å². The van der Waals surface area contributed by atoms with Gasteiger partial charge in [-0.05, 0) is 56.9 Å². The van der Waals surface area contributed by atoms with E-state index in [1.165, 1.54) is 32.1 Å². The van der Waals surface area contributed by atoms with Crippen LogP contribution in [0.15, 0.2) is 36.4 Å². The quantitative estimate of drug-likeness (QED) is 0.677. The van der Waals surface area contributed by atoms with E-state index < -0.39 is 5.97 Å². The summed E-state index contributed by atoms with van der Waals surface area (Å²) >= 11 is 0. The van der Waals surface area contributed by atoms with E-state index in [1.807, 2.05) is 38.1 Å². The van der Waals surface area contributed by atoms with Crippen LogP contribution in [0.1, 0.15) is 68.4 Å². The number of aryl methyl sites for hydroxylation is 1. The van der Waals surface area contributed by atoms with E-state index in [-0.39, 0.29) is 6.10 Å². The van der Waals surface area contributed by atoms with Gasteiger partial charge in [0, 0.05) is 5.56 Å². The number of para-hydroxylation sites is 1. The van der Waals surface area contributed by atoms with E-state index in [1.54, 1.807) is 12.1 Å². The minimum absolute atomic E-state index is 0.0650. The molecule has 1 heterocycles. The lowest BCUT2D eigenvalue weighted by atomic mass is 9.85. The third-order valence-corrected chi connectivity index (χ3v) is 5.24. The lowest BCUT2D eigenvalue weighted by Gasteiger charge is -2.21. The molecule has 0 amide bonds. The highest BCUT2D eigenvalue weighted by molar-refractivity contribution is 5.89. The number of aromatic nitrogens is 1. The Morgan fingerprint density at radius 2 is 1.89 bits per heavy atom. The fraction of sp³-hybridized carbons (Fsp3) is 0.478. The van der Waals surface area contributed by atoms with Gasteiger partial charge in [-0.15, -0.1) is 0 Å². The van der Waals surface area contributed by atoms with E-state index in [0.29, 0.717) is 23.6 Å². The highest BCUT2D eigenvalue weighted by Crippen LogP contribution is 2.31. The van der Waals surface area contributed by atoms with Crippen LogP contribution in [-0.2, 0) is 6.42 Å². The summed E-state index contributed by atoms with van der Waals surface area (Å²) in [5, 5.41) is 9.57. The van der Waals surface area contributed by atoms with Crippen molar-refractivity contribution in [1.82, 2.24) is 4.98 Å². The zero-order valence-corrected chi connectivity index (χ0v) is 16.3. The third-order valence-electron chi connectivity index (χ3n) is 5.24. The van der Waals surface area contributed by atoms with Gasteiger partial charge in [0.25, 0.3) is 0 Å². The van der Waals surface area contributed by atoms with E-state index in [9.17, 15) is 9.90 Å². The van der Waals surface area contributed by atoms with Gasteiger partial charge in [0.1, 0.15) is 5.75 Å². The maximum Gasteiger partial charge on any atom is 0.337 e. The summed E-state index contributed by atoms with van der Waals surface area (Å²) in [5.74, 6) is 0.572. The van der Waals surface area contributed by atoms with Crippen LogP contribution in [0.2, 0.25) is 0 Å². The fourth-order valence-corrected chi connectivity index (χ4v) is 3.89. The number of hydrogen-bond donors (Lipinski definition) is 1. The summed E-state index contributed by atoms with van der Waals surface area (Å²) in [5.41, 5.74) is 2.68. The molecule has 1 fully saturated rings. The Morgan fingerprint density at radius 3 is 2.59 bits per heavy atom. The second kappa shape index (κ2) is 9.03. The molecule has 0 bridgehead atoms. The normalized spacial score (nSPS) is 15.1. The maximum atomic E-state index is 11.7. The van der Waals surface area contributed by atoms with E-state index in [4.69, 9.17) is 9.72 Å². The Labute approximate surface area is 161 Å². The van der Waals surface area contributed by atoms with Crippen molar-refractivity contribution in [2.24, 2.45) is 5.92 Å². The van der Waals surface area contributed by atoms with Gasteiger partial charge in [-0.2, -0.15) is 0 Å². The standard InChI is InChI=1S/C23H29NO3/c1-16(2)27-22-11-7-6-10-18(22)20-15-13-19(23(25)26)21(24-20)14-12-17-8-4-3-5-9-17/h6-7,10-11,13,15-17H,3-5,8-9,12,14H2,1-2H3,(H,25,26). The monoisotopic (exact) mass is 367 g/mol. The number of carboxylic acid groups (broad SMARTS) is 1. The first-order valence-corrected chi connectivity index (χ1v) is 10.0. The molecule has 0 radical (unpaired) electrons. The number of pyridine rings is 1. The minimum atomic E-state index is -0.903. The molecule has 144 valence electrons. The number of nitrogens with zero attached hydrogens (tertiary/aromatic N) is 1. The van der Waals surface area contributed by atoms with Crippen molar-refractivity contribution in [3.63, 3.8) is 0 Å². The summed E-state index contributed by atoms with van der Waals surface area (Å²) in [6.45, 7) is 3.99. The molecule has 3 rings (SSSR count). The molecule has 0 atom stereocenters. The highest BCUT2D eigenvalue weighted by atomic mass is 16.5. The van der Waals surface area contributed by atoms with E-state index >= 15 is 0 Å². The minimum Gasteiger partial charge on any atom is -0.490 e. The molecular weight excluding hydrogens is 338 g/mol. The molecule has 1 aliphatic carbocycles. The predicted molar refractivity (Wildman–Crippen MR) is 107 cm³/mol. The fourth-order valence-electron chi connectivity index (χ4n) is 3.89. The zero-order valence-electron chi connectivity index (χ0n) is 16.3. The first kappa shape index (κ1) is 19.4. The Morgan fingerprint density at radius 1 is 1.15 bits per heavy atom.